The van der Waals surface area contributed by atoms with E-state index in [1.54, 1.807) is 41.5 Å². The lowest BCUT2D eigenvalue weighted by atomic mass is 10.1. The van der Waals surface area contributed by atoms with Crippen LogP contribution in [-0.4, -0.2) is 41.0 Å². The maximum absolute atomic E-state index is 11.5. The van der Waals surface area contributed by atoms with E-state index < -0.39 is 29.4 Å². The molecule has 2 N–H and O–H groups in total. The summed E-state index contributed by atoms with van der Waals surface area (Å²) in [6.07, 6.45) is -1.21. The van der Waals surface area contributed by atoms with Crippen molar-refractivity contribution in [1.82, 2.24) is 5.32 Å². The van der Waals surface area contributed by atoms with Crippen molar-refractivity contribution in [3.8, 4) is 0 Å². The van der Waals surface area contributed by atoms with Gasteiger partial charge in [0, 0.05) is 6.54 Å². The number of hydrogen-bond acceptors (Lipinski definition) is 5. The van der Waals surface area contributed by atoms with Gasteiger partial charge in [0.05, 0.1) is 12.5 Å². The molecule has 1 unspecified atom stereocenters. The molecule has 6 heteroatoms. The van der Waals surface area contributed by atoms with Gasteiger partial charge in [-0.2, -0.15) is 0 Å². The number of amides is 1. The highest BCUT2D eigenvalue weighted by Gasteiger charge is 2.20. The van der Waals surface area contributed by atoms with Crippen molar-refractivity contribution in [2.24, 2.45) is 0 Å². The van der Waals surface area contributed by atoms with Crippen LogP contribution >= 0.6 is 0 Å². The third-order valence-corrected chi connectivity index (χ3v) is 1.97. The molecule has 0 aromatic rings. The molecule has 1 amide bonds. The number of nitrogens with one attached hydrogen (secondary N) is 1. The number of aliphatic hydroxyl groups excluding tert-OH is 1. The molecule has 0 rings (SSSR count). The summed E-state index contributed by atoms with van der Waals surface area (Å²) in [5.74, 6) is -0.456. The Labute approximate surface area is 120 Å². The van der Waals surface area contributed by atoms with Crippen LogP contribution < -0.4 is 5.32 Å². The first kappa shape index (κ1) is 18.7. The summed E-state index contributed by atoms with van der Waals surface area (Å²) in [5, 5.41) is 12.2. The smallest absolute Gasteiger partial charge is 0.407 e. The van der Waals surface area contributed by atoms with Gasteiger partial charge in [-0.05, 0) is 48.0 Å². The van der Waals surface area contributed by atoms with Gasteiger partial charge >= 0.3 is 12.1 Å². The molecule has 0 aliphatic rings. The van der Waals surface area contributed by atoms with Crippen molar-refractivity contribution in [3.05, 3.63) is 0 Å². The molecule has 0 aromatic heterocycles. The number of carbonyl (C=O) groups excluding carboxylic acids is 2. The Morgan fingerprint density at radius 1 is 1.05 bits per heavy atom. The molecule has 0 aliphatic carbocycles. The van der Waals surface area contributed by atoms with Crippen LogP contribution in [0.4, 0.5) is 4.79 Å². The van der Waals surface area contributed by atoms with E-state index in [-0.39, 0.29) is 19.4 Å². The van der Waals surface area contributed by atoms with Crippen LogP contribution in [0.3, 0.4) is 0 Å². The van der Waals surface area contributed by atoms with Crippen molar-refractivity contribution in [1.29, 1.82) is 0 Å². The fraction of sp³-hybridized carbons (Fsp3) is 0.857. The minimum Gasteiger partial charge on any atom is -0.460 e. The van der Waals surface area contributed by atoms with E-state index in [0.29, 0.717) is 0 Å². The van der Waals surface area contributed by atoms with Gasteiger partial charge in [-0.25, -0.2) is 4.79 Å². The van der Waals surface area contributed by atoms with Gasteiger partial charge in [0.1, 0.15) is 11.2 Å². The predicted molar refractivity (Wildman–Crippen MR) is 75.3 cm³/mol. The third kappa shape index (κ3) is 11.8. The van der Waals surface area contributed by atoms with E-state index in [9.17, 15) is 14.7 Å². The van der Waals surface area contributed by atoms with Gasteiger partial charge in [-0.15, -0.1) is 0 Å². The first-order valence-electron chi connectivity index (χ1n) is 6.76. The largest absolute Gasteiger partial charge is 0.460 e. The van der Waals surface area contributed by atoms with Gasteiger partial charge < -0.3 is 19.9 Å². The number of rotatable bonds is 5. The fourth-order valence-corrected chi connectivity index (χ4v) is 1.33. The minimum absolute atomic E-state index is 0.0900. The van der Waals surface area contributed by atoms with Gasteiger partial charge in [-0.1, -0.05) is 0 Å². The molecule has 1 atom stereocenters. The molecule has 0 heterocycles. The molecular formula is C14H27NO5. The Morgan fingerprint density at radius 2 is 1.55 bits per heavy atom. The Kier molecular flexibility index (Phi) is 6.99. The van der Waals surface area contributed by atoms with E-state index in [0.717, 1.165) is 0 Å². The third-order valence-electron chi connectivity index (χ3n) is 1.97. The Bertz CT molecular complexity index is 327. The van der Waals surface area contributed by atoms with Crippen LogP contribution in [0.1, 0.15) is 54.4 Å². The van der Waals surface area contributed by atoms with Crippen molar-refractivity contribution >= 4 is 12.1 Å². The van der Waals surface area contributed by atoms with Gasteiger partial charge in [0.15, 0.2) is 0 Å². The SMILES string of the molecule is CC(C)(C)OC(=O)CC(O)CCNC(=O)OC(C)(C)C. The zero-order valence-electron chi connectivity index (χ0n) is 13.3. The molecule has 6 nitrogen and oxygen atoms in total. The molecule has 0 spiro atoms. The zero-order valence-corrected chi connectivity index (χ0v) is 13.3. The maximum atomic E-state index is 11.5. The standard InChI is InChI=1S/C14H27NO5/c1-13(2,3)19-11(17)9-10(16)7-8-15-12(18)20-14(4,5)6/h10,16H,7-9H2,1-6H3,(H,15,18). The Morgan fingerprint density at radius 3 is 2.00 bits per heavy atom. The molecule has 0 radical (unpaired) electrons. The van der Waals surface area contributed by atoms with Gasteiger partial charge in [0.25, 0.3) is 0 Å². The first-order valence-corrected chi connectivity index (χ1v) is 6.76. The normalized spacial score (nSPS) is 13.6. The lowest BCUT2D eigenvalue weighted by Crippen LogP contribution is -2.34. The van der Waals surface area contributed by atoms with Crippen molar-refractivity contribution < 1.29 is 24.2 Å². The lowest BCUT2D eigenvalue weighted by Gasteiger charge is -2.21. The van der Waals surface area contributed by atoms with Gasteiger partial charge in [-0.3, -0.25) is 4.79 Å². The van der Waals surface area contributed by atoms with Gasteiger partial charge in [0.2, 0.25) is 0 Å². The van der Waals surface area contributed by atoms with E-state index in [1.165, 1.54) is 0 Å². The molecule has 0 saturated heterocycles. The van der Waals surface area contributed by atoms with Crippen LogP contribution in [0.2, 0.25) is 0 Å². The highest BCUT2D eigenvalue weighted by atomic mass is 16.6. The molecule has 0 aromatic carbocycles. The van der Waals surface area contributed by atoms with E-state index in [4.69, 9.17) is 9.47 Å². The first-order chi connectivity index (χ1) is 8.89. The van der Waals surface area contributed by atoms with Crippen LogP contribution in [0.5, 0.6) is 0 Å². The van der Waals surface area contributed by atoms with Crippen LogP contribution in [0, 0.1) is 0 Å². The lowest BCUT2D eigenvalue weighted by molar-refractivity contribution is -0.157. The van der Waals surface area contributed by atoms with Crippen LogP contribution in [0.15, 0.2) is 0 Å². The number of esters is 1. The van der Waals surface area contributed by atoms with E-state index in [2.05, 4.69) is 5.32 Å². The van der Waals surface area contributed by atoms with E-state index >= 15 is 0 Å². The van der Waals surface area contributed by atoms with E-state index in [1.807, 2.05) is 0 Å². The highest BCUT2D eigenvalue weighted by Crippen LogP contribution is 2.10. The highest BCUT2D eigenvalue weighted by molar-refractivity contribution is 5.70. The summed E-state index contributed by atoms with van der Waals surface area (Å²) in [4.78, 5) is 22.8. The van der Waals surface area contributed by atoms with Crippen LogP contribution in [-0.2, 0) is 14.3 Å². The molecule has 0 fully saturated rings. The average Bonchev–Trinajstić information content (AvgIpc) is 2.10. The molecular weight excluding hydrogens is 262 g/mol. The van der Waals surface area contributed by atoms with Crippen molar-refractivity contribution in [2.45, 2.75) is 71.7 Å². The van der Waals surface area contributed by atoms with Crippen molar-refractivity contribution in [2.75, 3.05) is 6.54 Å². The second-order valence-corrected chi connectivity index (χ2v) is 6.66. The number of aliphatic hydroxyl groups is 1. The summed E-state index contributed by atoms with van der Waals surface area (Å²) < 4.78 is 10.1. The number of carbonyl (C=O) groups is 2. The Hall–Kier alpha value is -1.30. The minimum atomic E-state index is -0.847. The quantitative estimate of drug-likeness (QED) is 0.756. The summed E-state index contributed by atoms with van der Waals surface area (Å²) in [5.41, 5.74) is -1.12. The number of hydrogen-bond donors (Lipinski definition) is 2. The maximum Gasteiger partial charge on any atom is 0.407 e. The topological polar surface area (TPSA) is 84.9 Å². The fourth-order valence-electron chi connectivity index (χ4n) is 1.33. The predicted octanol–water partition coefficient (Wildman–Crippen LogP) is 1.99. The van der Waals surface area contributed by atoms with Crippen molar-refractivity contribution in [3.63, 3.8) is 0 Å². The monoisotopic (exact) mass is 289 g/mol. The molecule has 0 saturated carbocycles. The number of ether oxygens (including phenoxy) is 2. The molecule has 0 bridgehead atoms. The summed E-state index contributed by atoms with van der Waals surface area (Å²) >= 11 is 0. The second kappa shape index (κ2) is 7.47. The summed E-state index contributed by atoms with van der Waals surface area (Å²) in [7, 11) is 0. The summed E-state index contributed by atoms with van der Waals surface area (Å²) in [6, 6.07) is 0. The molecule has 20 heavy (non-hydrogen) atoms. The molecule has 118 valence electrons. The second-order valence-electron chi connectivity index (χ2n) is 6.66. The van der Waals surface area contributed by atoms with Crippen LogP contribution in [0.25, 0.3) is 0 Å². The number of alkyl carbamates (subject to hydrolysis) is 1. The molecule has 0 aliphatic heterocycles. The summed E-state index contributed by atoms with van der Waals surface area (Å²) in [6.45, 7) is 10.8. The zero-order chi connectivity index (χ0) is 16.0. The average molecular weight is 289 g/mol. The Balaban J connectivity index is 3.87.